The van der Waals surface area contributed by atoms with Gasteiger partial charge in [-0.25, -0.2) is 0 Å². The molecule has 86 valence electrons. The summed E-state index contributed by atoms with van der Waals surface area (Å²) in [5.74, 6) is -0.708. The summed E-state index contributed by atoms with van der Waals surface area (Å²) in [6.45, 7) is 3.08. The zero-order valence-corrected chi connectivity index (χ0v) is 9.11. The molecular formula is C11H20N2O2. The van der Waals surface area contributed by atoms with Gasteiger partial charge in [-0.2, -0.15) is 0 Å². The molecule has 2 N–H and O–H groups in total. The third kappa shape index (κ3) is 2.92. The number of hydrogen-bond acceptors (Lipinski definition) is 3. The summed E-state index contributed by atoms with van der Waals surface area (Å²) in [6, 6.07) is 1.31. The van der Waals surface area contributed by atoms with Gasteiger partial charge in [-0.15, -0.1) is 0 Å². The van der Waals surface area contributed by atoms with Crippen LogP contribution in [-0.4, -0.2) is 47.7 Å². The van der Waals surface area contributed by atoms with Crippen LogP contribution in [-0.2, 0) is 4.79 Å². The minimum atomic E-state index is -0.708. The maximum atomic E-state index is 10.4. The van der Waals surface area contributed by atoms with Gasteiger partial charge in [-0.05, 0) is 38.8 Å². The summed E-state index contributed by atoms with van der Waals surface area (Å²) in [6.07, 6.45) is 5.30. The van der Waals surface area contributed by atoms with Crippen molar-refractivity contribution in [3.63, 3.8) is 0 Å². The molecule has 2 aliphatic heterocycles. The van der Waals surface area contributed by atoms with Crippen LogP contribution in [0.1, 0.15) is 32.1 Å². The lowest BCUT2D eigenvalue weighted by Gasteiger charge is -2.35. The smallest absolute Gasteiger partial charge is 0.304 e. The van der Waals surface area contributed by atoms with Crippen molar-refractivity contribution < 1.29 is 9.90 Å². The van der Waals surface area contributed by atoms with Gasteiger partial charge >= 0.3 is 5.97 Å². The van der Waals surface area contributed by atoms with E-state index in [0.717, 1.165) is 6.04 Å². The van der Waals surface area contributed by atoms with Gasteiger partial charge in [0.05, 0.1) is 6.42 Å². The van der Waals surface area contributed by atoms with Crippen LogP contribution >= 0.6 is 0 Å². The summed E-state index contributed by atoms with van der Waals surface area (Å²) in [4.78, 5) is 13.0. The van der Waals surface area contributed by atoms with E-state index < -0.39 is 5.97 Å². The Kier molecular flexibility index (Phi) is 3.59. The Morgan fingerprint density at radius 2 is 2.27 bits per heavy atom. The van der Waals surface area contributed by atoms with Crippen LogP contribution in [0.15, 0.2) is 0 Å². The van der Waals surface area contributed by atoms with Crippen LogP contribution in [0, 0.1) is 0 Å². The van der Waals surface area contributed by atoms with Gasteiger partial charge in [0.1, 0.15) is 0 Å². The molecule has 0 aromatic heterocycles. The molecule has 2 heterocycles. The fourth-order valence-corrected chi connectivity index (χ4v) is 2.79. The number of nitrogens with zero attached hydrogens (tertiary/aromatic N) is 1. The molecule has 2 aliphatic rings. The van der Waals surface area contributed by atoms with Gasteiger partial charge in [0.25, 0.3) is 0 Å². The molecule has 2 fully saturated rings. The molecule has 0 aliphatic carbocycles. The highest BCUT2D eigenvalue weighted by Gasteiger charge is 2.31. The van der Waals surface area contributed by atoms with E-state index in [-0.39, 0.29) is 6.42 Å². The van der Waals surface area contributed by atoms with Crippen LogP contribution in [0.5, 0.6) is 0 Å². The maximum absolute atomic E-state index is 10.4. The lowest BCUT2D eigenvalue weighted by molar-refractivity contribution is -0.136. The summed E-state index contributed by atoms with van der Waals surface area (Å²) in [5.41, 5.74) is 0. The van der Waals surface area contributed by atoms with E-state index in [1.165, 1.54) is 38.8 Å². The van der Waals surface area contributed by atoms with Crippen molar-refractivity contribution in [2.45, 2.75) is 44.2 Å². The predicted octanol–water partition coefficient (Wildman–Crippen LogP) is 0.677. The average Bonchev–Trinajstić information content (AvgIpc) is 2.64. The monoisotopic (exact) mass is 212 g/mol. The quantitative estimate of drug-likeness (QED) is 0.719. The molecular weight excluding hydrogens is 192 g/mol. The van der Waals surface area contributed by atoms with E-state index in [2.05, 4.69) is 10.2 Å². The first-order valence-corrected chi connectivity index (χ1v) is 5.95. The molecule has 2 saturated heterocycles. The first-order chi connectivity index (χ1) is 7.25. The number of rotatable bonds is 4. The molecule has 4 nitrogen and oxygen atoms in total. The van der Waals surface area contributed by atoms with Crippen LogP contribution < -0.4 is 5.32 Å². The van der Waals surface area contributed by atoms with Gasteiger partial charge in [0.15, 0.2) is 0 Å². The zero-order valence-electron chi connectivity index (χ0n) is 9.11. The second kappa shape index (κ2) is 4.94. The summed E-state index contributed by atoms with van der Waals surface area (Å²) in [7, 11) is 0. The molecule has 0 bridgehead atoms. The third-order valence-electron chi connectivity index (χ3n) is 3.59. The first kappa shape index (κ1) is 10.9. The van der Waals surface area contributed by atoms with Gasteiger partial charge in [0.2, 0.25) is 0 Å². The van der Waals surface area contributed by atoms with Gasteiger partial charge in [-0.1, -0.05) is 0 Å². The molecule has 15 heavy (non-hydrogen) atoms. The van der Waals surface area contributed by atoms with Crippen LogP contribution in [0.25, 0.3) is 0 Å². The summed E-state index contributed by atoms with van der Waals surface area (Å²) < 4.78 is 0. The minimum Gasteiger partial charge on any atom is -0.481 e. The van der Waals surface area contributed by atoms with E-state index >= 15 is 0 Å². The molecule has 0 aromatic rings. The lowest BCUT2D eigenvalue weighted by atomic mass is 9.97. The number of carboxylic acids is 1. The molecule has 0 spiro atoms. The predicted molar refractivity (Wildman–Crippen MR) is 57.9 cm³/mol. The Morgan fingerprint density at radius 3 is 3.07 bits per heavy atom. The third-order valence-corrected chi connectivity index (χ3v) is 3.59. The molecule has 0 saturated carbocycles. The molecule has 2 unspecified atom stereocenters. The Balaban J connectivity index is 1.68. The van der Waals surface area contributed by atoms with E-state index in [0.29, 0.717) is 12.6 Å². The van der Waals surface area contributed by atoms with Crippen molar-refractivity contribution in [1.29, 1.82) is 0 Å². The van der Waals surface area contributed by atoms with Crippen LogP contribution in [0.4, 0.5) is 0 Å². The van der Waals surface area contributed by atoms with Gasteiger partial charge in [-0.3, -0.25) is 4.79 Å². The van der Waals surface area contributed by atoms with Crippen molar-refractivity contribution in [3.05, 3.63) is 0 Å². The van der Waals surface area contributed by atoms with Crippen molar-refractivity contribution in [1.82, 2.24) is 10.2 Å². The van der Waals surface area contributed by atoms with E-state index in [1.54, 1.807) is 0 Å². The Morgan fingerprint density at radius 1 is 1.40 bits per heavy atom. The summed E-state index contributed by atoms with van der Waals surface area (Å²) in [5, 5.41) is 11.9. The largest absolute Gasteiger partial charge is 0.481 e. The van der Waals surface area contributed by atoms with E-state index in [4.69, 9.17) is 5.11 Å². The van der Waals surface area contributed by atoms with Gasteiger partial charge < -0.3 is 15.3 Å². The number of hydrogen-bond donors (Lipinski definition) is 2. The fourth-order valence-electron chi connectivity index (χ4n) is 2.79. The Hall–Kier alpha value is -0.610. The summed E-state index contributed by atoms with van der Waals surface area (Å²) >= 11 is 0. The highest BCUT2D eigenvalue weighted by molar-refractivity contribution is 5.66. The van der Waals surface area contributed by atoms with Crippen molar-refractivity contribution in [3.8, 4) is 0 Å². The Labute approximate surface area is 90.6 Å². The number of carboxylic acid groups (broad SMARTS) is 1. The SMILES string of the molecule is O=C(O)CCNC1CCN2CCCC2C1. The number of nitrogens with one attached hydrogen (secondary N) is 1. The molecule has 4 heteroatoms. The Bertz CT molecular complexity index is 233. The average molecular weight is 212 g/mol. The molecule has 2 rings (SSSR count). The number of aliphatic carboxylic acids is 1. The lowest BCUT2D eigenvalue weighted by Crippen LogP contribution is -2.46. The fraction of sp³-hybridized carbons (Fsp3) is 0.909. The maximum Gasteiger partial charge on any atom is 0.304 e. The standard InChI is InChI=1S/C11H20N2O2/c14-11(15)3-5-12-9-4-7-13-6-1-2-10(13)8-9/h9-10,12H,1-8H2,(H,14,15). The molecule has 2 atom stereocenters. The van der Waals surface area contributed by atoms with E-state index in [1.807, 2.05) is 0 Å². The minimum absolute atomic E-state index is 0.241. The van der Waals surface area contributed by atoms with Gasteiger partial charge in [0, 0.05) is 18.6 Å². The topological polar surface area (TPSA) is 52.6 Å². The number of fused-ring (bicyclic) bond motifs is 1. The highest BCUT2D eigenvalue weighted by atomic mass is 16.4. The molecule has 0 aromatic carbocycles. The van der Waals surface area contributed by atoms with Crippen LogP contribution in [0.3, 0.4) is 0 Å². The number of piperidine rings is 1. The van der Waals surface area contributed by atoms with E-state index in [9.17, 15) is 4.79 Å². The molecule has 0 radical (unpaired) electrons. The van der Waals surface area contributed by atoms with Crippen molar-refractivity contribution in [2.75, 3.05) is 19.6 Å². The first-order valence-electron chi connectivity index (χ1n) is 5.95. The molecule has 0 amide bonds. The van der Waals surface area contributed by atoms with Crippen molar-refractivity contribution in [2.24, 2.45) is 0 Å². The second-order valence-corrected chi connectivity index (χ2v) is 4.65. The highest BCUT2D eigenvalue weighted by Crippen LogP contribution is 2.26. The van der Waals surface area contributed by atoms with Crippen LogP contribution in [0.2, 0.25) is 0 Å². The van der Waals surface area contributed by atoms with Crippen molar-refractivity contribution >= 4 is 5.97 Å². The second-order valence-electron chi connectivity index (χ2n) is 4.65. The zero-order chi connectivity index (χ0) is 10.7. The number of carbonyl (C=O) groups is 1. The normalized spacial score (nSPS) is 31.5.